The Morgan fingerprint density at radius 1 is 1.33 bits per heavy atom. The van der Waals surface area contributed by atoms with Gasteiger partial charge in [0.05, 0.1) is 0 Å². The Labute approximate surface area is 124 Å². The summed E-state index contributed by atoms with van der Waals surface area (Å²) in [6, 6.07) is 7.20. The van der Waals surface area contributed by atoms with Crippen LogP contribution in [0.15, 0.2) is 36.8 Å². The summed E-state index contributed by atoms with van der Waals surface area (Å²) in [6.07, 6.45) is 7.25. The summed E-state index contributed by atoms with van der Waals surface area (Å²) in [5.41, 5.74) is 3.82. The summed E-state index contributed by atoms with van der Waals surface area (Å²) in [5, 5.41) is 4.88. The molecule has 2 atom stereocenters. The van der Waals surface area contributed by atoms with Crippen LogP contribution in [0.25, 0.3) is 16.6 Å². The van der Waals surface area contributed by atoms with Gasteiger partial charge in [-0.05, 0) is 49.9 Å². The van der Waals surface area contributed by atoms with E-state index in [2.05, 4.69) is 51.2 Å². The fraction of sp³-hybridized carbons (Fsp3) is 0.353. The van der Waals surface area contributed by atoms with E-state index in [9.17, 15) is 0 Å². The zero-order chi connectivity index (χ0) is 14.4. The molecule has 1 aliphatic rings. The standard InChI is InChI=1S/C17H20N4/c1-11-7-13(9-19-11)16-10-20-17-4-3-14(8-15(16)17)21-6-5-18-12(21)2/h3-6,8,10-11,13,19-20H,7,9H2,1-2H3. The van der Waals surface area contributed by atoms with Crippen molar-refractivity contribution in [2.24, 2.45) is 0 Å². The van der Waals surface area contributed by atoms with Crippen molar-refractivity contribution in [2.75, 3.05) is 6.54 Å². The predicted molar refractivity (Wildman–Crippen MR) is 85.0 cm³/mol. The number of benzene rings is 1. The first-order valence-corrected chi connectivity index (χ1v) is 7.57. The van der Waals surface area contributed by atoms with Gasteiger partial charge in [-0.25, -0.2) is 4.98 Å². The fourth-order valence-electron chi connectivity index (χ4n) is 3.44. The average molecular weight is 280 g/mol. The Morgan fingerprint density at radius 2 is 2.24 bits per heavy atom. The summed E-state index contributed by atoms with van der Waals surface area (Å²) >= 11 is 0. The number of H-pyrrole nitrogens is 1. The van der Waals surface area contributed by atoms with Gasteiger partial charge in [0.25, 0.3) is 0 Å². The second-order valence-electron chi connectivity index (χ2n) is 6.06. The Bertz CT molecular complexity index is 783. The molecular weight excluding hydrogens is 260 g/mol. The molecule has 2 unspecified atom stereocenters. The third-order valence-electron chi connectivity index (χ3n) is 4.59. The van der Waals surface area contributed by atoms with Gasteiger partial charge in [0.1, 0.15) is 5.82 Å². The number of aromatic nitrogens is 3. The van der Waals surface area contributed by atoms with E-state index in [1.165, 1.54) is 28.6 Å². The highest BCUT2D eigenvalue weighted by atomic mass is 15.1. The normalized spacial score (nSPS) is 22.2. The maximum absolute atomic E-state index is 4.32. The van der Waals surface area contributed by atoms with Crippen LogP contribution in [0.4, 0.5) is 0 Å². The quantitative estimate of drug-likeness (QED) is 0.757. The third-order valence-corrected chi connectivity index (χ3v) is 4.59. The highest BCUT2D eigenvalue weighted by Gasteiger charge is 2.24. The van der Waals surface area contributed by atoms with Crippen molar-refractivity contribution >= 4 is 10.9 Å². The molecule has 4 rings (SSSR count). The molecule has 3 heterocycles. The minimum atomic E-state index is 0.605. The van der Waals surface area contributed by atoms with Gasteiger partial charge in [0.15, 0.2) is 0 Å². The lowest BCUT2D eigenvalue weighted by Crippen LogP contribution is -2.16. The first-order chi connectivity index (χ1) is 10.2. The molecule has 1 saturated heterocycles. The minimum Gasteiger partial charge on any atom is -0.361 e. The first kappa shape index (κ1) is 12.7. The Hall–Kier alpha value is -2.07. The summed E-state index contributed by atoms with van der Waals surface area (Å²) < 4.78 is 2.13. The zero-order valence-electron chi connectivity index (χ0n) is 12.4. The van der Waals surface area contributed by atoms with E-state index in [-0.39, 0.29) is 0 Å². The van der Waals surface area contributed by atoms with E-state index in [0.717, 1.165) is 12.4 Å². The number of hydrogen-bond donors (Lipinski definition) is 2. The van der Waals surface area contributed by atoms with Gasteiger partial charge < -0.3 is 14.9 Å². The predicted octanol–water partition coefficient (Wildman–Crippen LogP) is 3.13. The molecule has 0 saturated carbocycles. The van der Waals surface area contributed by atoms with Crippen LogP contribution in [0.3, 0.4) is 0 Å². The van der Waals surface area contributed by atoms with E-state index in [0.29, 0.717) is 12.0 Å². The molecule has 2 aromatic heterocycles. The molecule has 0 bridgehead atoms. The van der Waals surface area contributed by atoms with E-state index in [1.54, 1.807) is 0 Å². The molecule has 21 heavy (non-hydrogen) atoms. The van der Waals surface area contributed by atoms with Gasteiger partial charge in [-0.2, -0.15) is 0 Å². The van der Waals surface area contributed by atoms with Crippen LogP contribution in [0.2, 0.25) is 0 Å². The van der Waals surface area contributed by atoms with Gasteiger partial charge in [0, 0.05) is 47.8 Å². The van der Waals surface area contributed by atoms with Crippen molar-refractivity contribution in [2.45, 2.75) is 32.2 Å². The van der Waals surface area contributed by atoms with Crippen molar-refractivity contribution in [3.63, 3.8) is 0 Å². The summed E-state index contributed by atoms with van der Waals surface area (Å²) in [7, 11) is 0. The number of aryl methyl sites for hydroxylation is 1. The van der Waals surface area contributed by atoms with Gasteiger partial charge in [-0.3, -0.25) is 0 Å². The van der Waals surface area contributed by atoms with Crippen LogP contribution in [0, 0.1) is 6.92 Å². The number of imidazole rings is 1. The first-order valence-electron chi connectivity index (χ1n) is 7.57. The number of fused-ring (bicyclic) bond motifs is 1. The number of hydrogen-bond acceptors (Lipinski definition) is 2. The van der Waals surface area contributed by atoms with Crippen molar-refractivity contribution < 1.29 is 0 Å². The molecule has 1 aromatic carbocycles. The minimum absolute atomic E-state index is 0.605. The Kier molecular flexibility index (Phi) is 2.86. The van der Waals surface area contributed by atoms with E-state index in [1.807, 2.05) is 19.3 Å². The Balaban J connectivity index is 1.81. The maximum atomic E-state index is 4.32. The van der Waals surface area contributed by atoms with Crippen molar-refractivity contribution in [1.82, 2.24) is 19.9 Å². The maximum Gasteiger partial charge on any atom is 0.110 e. The Morgan fingerprint density at radius 3 is 2.95 bits per heavy atom. The SMILES string of the molecule is Cc1nccn1-c1ccc2[nH]cc(C3CNC(C)C3)c2c1. The highest BCUT2D eigenvalue weighted by Crippen LogP contribution is 2.32. The molecule has 108 valence electrons. The van der Waals surface area contributed by atoms with Gasteiger partial charge in [0.2, 0.25) is 0 Å². The van der Waals surface area contributed by atoms with E-state index in [4.69, 9.17) is 0 Å². The number of nitrogens with zero attached hydrogens (tertiary/aromatic N) is 2. The smallest absolute Gasteiger partial charge is 0.110 e. The molecule has 1 aliphatic heterocycles. The number of nitrogens with one attached hydrogen (secondary N) is 2. The summed E-state index contributed by atoms with van der Waals surface area (Å²) in [5.74, 6) is 1.62. The molecular formula is C17H20N4. The third kappa shape index (κ3) is 2.07. The molecule has 0 spiro atoms. The average Bonchev–Trinajstić information content (AvgIpc) is 3.17. The van der Waals surface area contributed by atoms with E-state index < -0.39 is 0 Å². The van der Waals surface area contributed by atoms with Crippen molar-refractivity contribution in [1.29, 1.82) is 0 Å². The lowest BCUT2D eigenvalue weighted by molar-refractivity contribution is 0.659. The largest absolute Gasteiger partial charge is 0.361 e. The molecule has 4 nitrogen and oxygen atoms in total. The van der Waals surface area contributed by atoms with Crippen LogP contribution in [-0.2, 0) is 0 Å². The lowest BCUT2D eigenvalue weighted by atomic mass is 9.96. The van der Waals surface area contributed by atoms with Gasteiger partial charge in [-0.1, -0.05) is 0 Å². The van der Waals surface area contributed by atoms with Crippen LogP contribution in [0.5, 0.6) is 0 Å². The lowest BCUT2D eigenvalue weighted by Gasteiger charge is -2.09. The molecule has 2 N–H and O–H groups in total. The van der Waals surface area contributed by atoms with Crippen molar-refractivity contribution in [3.05, 3.63) is 48.2 Å². The number of rotatable bonds is 2. The second kappa shape index (κ2) is 4.74. The van der Waals surface area contributed by atoms with Crippen LogP contribution >= 0.6 is 0 Å². The molecule has 0 amide bonds. The van der Waals surface area contributed by atoms with Crippen LogP contribution in [0.1, 0.15) is 30.7 Å². The molecule has 3 aromatic rings. The highest BCUT2D eigenvalue weighted by molar-refractivity contribution is 5.85. The van der Waals surface area contributed by atoms with Crippen molar-refractivity contribution in [3.8, 4) is 5.69 Å². The molecule has 1 fully saturated rings. The molecule has 0 radical (unpaired) electrons. The second-order valence-corrected chi connectivity index (χ2v) is 6.06. The van der Waals surface area contributed by atoms with Crippen LogP contribution in [-0.4, -0.2) is 27.1 Å². The monoisotopic (exact) mass is 280 g/mol. The zero-order valence-corrected chi connectivity index (χ0v) is 12.4. The van der Waals surface area contributed by atoms with Crippen LogP contribution < -0.4 is 5.32 Å². The fourth-order valence-corrected chi connectivity index (χ4v) is 3.44. The molecule has 0 aliphatic carbocycles. The topological polar surface area (TPSA) is 45.6 Å². The van der Waals surface area contributed by atoms with Gasteiger partial charge >= 0.3 is 0 Å². The van der Waals surface area contributed by atoms with E-state index >= 15 is 0 Å². The summed E-state index contributed by atoms with van der Waals surface area (Å²) in [6.45, 7) is 5.36. The number of aromatic amines is 1. The summed E-state index contributed by atoms with van der Waals surface area (Å²) in [4.78, 5) is 7.73. The van der Waals surface area contributed by atoms with Gasteiger partial charge in [-0.15, -0.1) is 0 Å². The molecule has 4 heteroatoms.